The van der Waals surface area contributed by atoms with Crippen molar-refractivity contribution in [2.45, 2.75) is 16.9 Å². The predicted octanol–water partition coefficient (Wildman–Crippen LogP) is 3.62. The molecular formula is C16H16O2S. The summed E-state index contributed by atoms with van der Waals surface area (Å²) in [6.45, 7) is 0. The predicted molar refractivity (Wildman–Crippen MR) is 77.9 cm³/mol. The highest BCUT2D eigenvalue weighted by Crippen LogP contribution is 2.45. The molecule has 1 N–H and O–H groups in total. The lowest BCUT2D eigenvalue weighted by Crippen LogP contribution is -2.10. The van der Waals surface area contributed by atoms with E-state index < -0.39 is 6.10 Å². The molecule has 0 radical (unpaired) electrons. The zero-order chi connectivity index (χ0) is 13.2. The van der Waals surface area contributed by atoms with Gasteiger partial charge in [-0.3, -0.25) is 0 Å². The van der Waals surface area contributed by atoms with Crippen LogP contribution in [0.15, 0.2) is 53.4 Å². The number of thioether (sulfide) groups is 1. The number of rotatable bonds is 3. The molecule has 1 aliphatic rings. The number of ether oxygens (including phenoxy) is 1. The summed E-state index contributed by atoms with van der Waals surface area (Å²) < 4.78 is 5.14. The Balaban J connectivity index is 1.86. The van der Waals surface area contributed by atoms with Crippen molar-refractivity contribution in [2.24, 2.45) is 0 Å². The molecule has 2 atom stereocenters. The molecular weight excluding hydrogens is 256 g/mol. The van der Waals surface area contributed by atoms with Crippen LogP contribution in [0.4, 0.5) is 0 Å². The molecule has 2 unspecified atom stereocenters. The van der Waals surface area contributed by atoms with Gasteiger partial charge in [0.25, 0.3) is 0 Å². The van der Waals surface area contributed by atoms with E-state index >= 15 is 0 Å². The molecule has 3 heteroatoms. The number of hydrogen-bond donors (Lipinski definition) is 1. The highest BCUT2D eigenvalue weighted by molar-refractivity contribution is 7.99. The van der Waals surface area contributed by atoms with E-state index in [2.05, 4.69) is 12.1 Å². The van der Waals surface area contributed by atoms with Gasteiger partial charge in [0.15, 0.2) is 0 Å². The number of methoxy groups -OCH3 is 1. The minimum Gasteiger partial charge on any atom is -0.497 e. The summed E-state index contributed by atoms with van der Waals surface area (Å²) in [5, 5.41) is 10.6. The highest BCUT2D eigenvalue weighted by Gasteiger charge is 2.29. The second kappa shape index (κ2) is 5.27. The lowest BCUT2D eigenvalue weighted by atomic mass is 9.91. The van der Waals surface area contributed by atoms with Crippen molar-refractivity contribution < 1.29 is 9.84 Å². The smallest absolute Gasteiger partial charge is 0.118 e. The van der Waals surface area contributed by atoms with E-state index in [0.717, 1.165) is 17.1 Å². The van der Waals surface area contributed by atoms with Gasteiger partial charge in [-0.2, -0.15) is 0 Å². The van der Waals surface area contributed by atoms with Crippen LogP contribution in [0.3, 0.4) is 0 Å². The molecule has 2 nitrogen and oxygen atoms in total. The second-order valence-electron chi connectivity index (χ2n) is 4.67. The maximum Gasteiger partial charge on any atom is 0.118 e. The quantitative estimate of drug-likeness (QED) is 0.925. The van der Waals surface area contributed by atoms with Crippen LogP contribution in [0, 0.1) is 0 Å². The summed E-state index contributed by atoms with van der Waals surface area (Å²) in [5.74, 6) is 1.93. The van der Waals surface area contributed by atoms with Gasteiger partial charge in [0, 0.05) is 16.6 Å². The lowest BCUT2D eigenvalue weighted by Gasteiger charge is -2.19. The molecule has 1 aliphatic heterocycles. The van der Waals surface area contributed by atoms with Crippen LogP contribution in [-0.2, 0) is 0 Å². The van der Waals surface area contributed by atoms with Gasteiger partial charge in [-0.25, -0.2) is 0 Å². The zero-order valence-corrected chi connectivity index (χ0v) is 11.6. The summed E-state index contributed by atoms with van der Waals surface area (Å²) in [7, 11) is 1.65. The molecule has 0 spiro atoms. The van der Waals surface area contributed by atoms with E-state index in [9.17, 15) is 5.11 Å². The molecule has 0 saturated carbocycles. The third-order valence-corrected chi connectivity index (χ3v) is 4.78. The van der Waals surface area contributed by atoms with Gasteiger partial charge in [0.1, 0.15) is 5.75 Å². The van der Waals surface area contributed by atoms with Gasteiger partial charge in [0.05, 0.1) is 13.2 Å². The fourth-order valence-electron chi connectivity index (χ4n) is 2.48. The van der Waals surface area contributed by atoms with Crippen molar-refractivity contribution in [3.8, 4) is 5.75 Å². The van der Waals surface area contributed by atoms with E-state index in [1.165, 1.54) is 10.5 Å². The molecule has 0 aliphatic carbocycles. The summed E-state index contributed by atoms with van der Waals surface area (Å²) in [4.78, 5) is 1.29. The van der Waals surface area contributed by atoms with Gasteiger partial charge < -0.3 is 9.84 Å². The Bertz CT molecular complexity index is 565. The third-order valence-electron chi connectivity index (χ3n) is 3.58. The van der Waals surface area contributed by atoms with Crippen molar-refractivity contribution in [1.29, 1.82) is 0 Å². The van der Waals surface area contributed by atoms with E-state index in [1.807, 2.05) is 48.2 Å². The summed E-state index contributed by atoms with van der Waals surface area (Å²) in [6.07, 6.45) is -0.456. The van der Waals surface area contributed by atoms with Crippen molar-refractivity contribution in [2.75, 3.05) is 12.9 Å². The van der Waals surface area contributed by atoms with Gasteiger partial charge in [-0.15, -0.1) is 11.8 Å². The van der Waals surface area contributed by atoms with Gasteiger partial charge in [0.2, 0.25) is 0 Å². The van der Waals surface area contributed by atoms with Crippen molar-refractivity contribution in [1.82, 2.24) is 0 Å². The Labute approximate surface area is 117 Å². The minimum atomic E-state index is -0.456. The third kappa shape index (κ3) is 2.36. The van der Waals surface area contributed by atoms with Crippen LogP contribution in [0.25, 0.3) is 0 Å². The van der Waals surface area contributed by atoms with Crippen LogP contribution >= 0.6 is 11.8 Å². The molecule has 0 saturated heterocycles. The molecule has 3 rings (SSSR count). The average molecular weight is 272 g/mol. The Morgan fingerprint density at radius 1 is 1.16 bits per heavy atom. The van der Waals surface area contributed by atoms with Gasteiger partial charge in [-0.05, 0) is 29.3 Å². The first-order valence-corrected chi connectivity index (χ1v) is 7.32. The molecule has 98 valence electrons. The summed E-state index contributed by atoms with van der Waals surface area (Å²) >= 11 is 1.82. The first-order chi connectivity index (χ1) is 9.29. The first-order valence-electron chi connectivity index (χ1n) is 6.33. The molecule has 19 heavy (non-hydrogen) atoms. The highest BCUT2D eigenvalue weighted by atomic mass is 32.2. The molecule has 0 aromatic heterocycles. The van der Waals surface area contributed by atoms with E-state index in [4.69, 9.17) is 4.74 Å². The fraction of sp³-hybridized carbons (Fsp3) is 0.250. The van der Waals surface area contributed by atoms with Crippen LogP contribution in [0.1, 0.15) is 23.1 Å². The van der Waals surface area contributed by atoms with Gasteiger partial charge in [-0.1, -0.05) is 30.3 Å². The van der Waals surface area contributed by atoms with Crippen LogP contribution in [0.5, 0.6) is 5.75 Å². The lowest BCUT2D eigenvalue weighted by molar-refractivity contribution is 0.153. The van der Waals surface area contributed by atoms with E-state index in [0.29, 0.717) is 0 Å². The van der Waals surface area contributed by atoms with Crippen LogP contribution in [-0.4, -0.2) is 18.0 Å². The van der Waals surface area contributed by atoms with Crippen molar-refractivity contribution in [3.63, 3.8) is 0 Å². The van der Waals surface area contributed by atoms with E-state index in [-0.39, 0.29) is 5.92 Å². The maximum atomic E-state index is 10.6. The van der Waals surface area contributed by atoms with Crippen LogP contribution in [0.2, 0.25) is 0 Å². The molecule has 1 heterocycles. The summed E-state index contributed by atoms with van der Waals surface area (Å²) in [5.41, 5.74) is 2.21. The van der Waals surface area contributed by atoms with Crippen molar-refractivity contribution in [3.05, 3.63) is 59.7 Å². The zero-order valence-electron chi connectivity index (χ0n) is 10.7. The molecule has 0 fully saturated rings. The Hall–Kier alpha value is -1.45. The number of benzene rings is 2. The SMILES string of the molecule is COc1ccc(C(O)C2CSc3ccccc32)cc1. The topological polar surface area (TPSA) is 29.5 Å². The first kappa shape index (κ1) is 12.6. The Kier molecular flexibility index (Phi) is 3.49. The number of aliphatic hydroxyl groups excluding tert-OH is 1. The minimum absolute atomic E-state index is 0.176. The second-order valence-corrected chi connectivity index (χ2v) is 5.74. The summed E-state index contributed by atoms with van der Waals surface area (Å²) in [6, 6.07) is 16.0. The monoisotopic (exact) mass is 272 g/mol. The fourth-order valence-corrected chi connectivity index (χ4v) is 3.76. The number of fused-ring (bicyclic) bond motifs is 1. The van der Waals surface area contributed by atoms with Crippen molar-refractivity contribution >= 4 is 11.8 Å². The normalized spacial score (nSPS) is 18.9. The maximum absolute atomic E-state index is 10.6. The molecule has 0 amide bonds. The molecule has 0 bridgehead atoms. The standard InChI is InChI=1S/C16H16O2S/c1-18-12-8-6-11(7-9-12)16(17)14-10-19-15-5-3-2-4-13(14)15/h2-9,14,16-17H,10H2,1H3. The molecule has 2 aromatic carbocycles. The number of hydrogen-bond acceptors (Lipinski definition) is 3. The Morgan fingerprint density at radius 3 is 2.63 bits per heavy atom. The van der Waals surface area contributed by atoms with E-state index in [1.54, 1.807) is 7.11 Å². The van der Waals surface area contributed by atoms with Gasteiger partial charge >= 0.3 is 0 Å². The largest absolute Gasteiger partial charge is 0.497 e. The number of aliphatic hydroxyl groups is 1. The molecule has 2 aromatic rings. The Morgan fingerprint density at radius 2 is 1.89 bits per heavy atom. The van der Waals surface area contributed by atoms with Crippen LogP contribution < -0.4 is 4.74 Å². The average Bonchev–Trinajstić information content (AvgIpc) is 2.90.